The monoisotopic (exact) mass is 426 g/mol. The van der Waals surface area contributed by atoms with Gasteiger partial charge in [-0.2, -0.15) is 5.10 Å². The SMILES string of the molecule is CCS(=O)(=O)c1cccc(N2CC(=Nc3cc(C)[nH]n3)n3cc(C(C)C)nc3C2)c1. The molecule has 158 valence electrons. The smallest absolute Gasteiger partial charge is 0.178 e. The number of aliphatic imine (C=N–C) groups is 1. The van der Waals surface area contributed by atoms with Gasteiger partial charge in [0.1, 0.15) is 11.7 Å². The first-order valence-electron chi connectivity index (χ1n) is 10.0. The molecule has 0 atom stereocenters. The maximum absolute atomic E-state index is 12.3. The number of aromatic amines is 1. The molecule has 30 heavy (non-hydrogen) atoms. The fourth-order valence-corrected chi connectivity index (χ4v) is 4.35. The number of nitrogens with zero attached hydrogens (tertiary/aromatic N) is 5. The van der Waals surface area contributed by atoms with E-state index in [2.05, 4.69) is 28.9 Å². The van der Waals surface area contributed by atoms with Crippen LogP contribution in [0.2, 0.25) is 0 Å². The molecular formula is C21H26N6O2S. The van der Waals surface area contributed by atoms with E-state index in [1.165, 1.54) is 0 Å². The van der Waals surface area contributed by atoms with Crippen molar-refractivity contribution in [2.45, 2.75) is 45.1 Å². The summed E-state index contributed by atoms with van der Waals surface area (Å²) in [6.45, 7) is 8.90. The number of anilines is 1. The van der Waals surface area contributed by atoms with Crippen LogP contribution in [0.1, 0.15) is 43.9 Å². The van der Waals surface area contributed by atoms with Crippen LogP contribution in [0.15, 0.2) is 46.4 Å². The van der Waals surface area contributed by atoms with Crippen LogP contribution in [-0.4, -0.2) is 46.3 Å². The summed E-state index contributed by atoms with van der Waals surface area (Å²) in [4.78, 5) is 12.0. The van der Waals surface area contributed by atoms with Crippen molar-refractivity contribution in [3.05, 3.63) is 53.7 Å². The second kappa shape index (κ2) is 7.71. The molecule has 1 aliphatic rings. The summed E-state index contributed by atoms with van der Waals surface area (Å²) < 4.78 is 26.7. The summed E-state index contributed by atoms with van der Waals surface area (Å²) in [6.07, 6.45) is 2.04. The van der Waals surface area contributed by atoms with Gasteiger partial charge in [0.05, 0.1) is 29.4 Å². The average molecular weight is 427 g/mol. The van der Waals surface area contributed by atoms with E-state index >= 15 is 0 Å². The van der Waals surface area contributed by atoms with E-state index in [1.807, 2.05) is 29.8 Å². The summed E-state index contributed by atoms with van der Waals surface area (Å²) in [5.74, 6) is 2.65. The Labute approximate surface area is 176 Å². The molecule has 0 aliphatic carbocycles. The Kier molecular flexibility index (Phi) is 5.23. The van der Waals surface area contributed by atoms with Gasteiger partial charge in [-0.15, -0.1) is 0 Å². The molecule has 0 bridgehead atoms. The van der Waals surface area contributed by atoms with Crippen LogP contribution in [0.3, 0.4) is 0 Å². The Morgan fingerprint density at radius 3 is 2.70 bits per heavy atom. The van der Waals surface area contributed by atoms with Crippen molar-refractivity contribution in [1.29, 1.82) is 0 Å². The number of hydrogen-bond donors (Lipinski definition) is 1. The van der Waals surface area contributed by atoms with Crippen molar-refractivity contribution < 1.29 is 8.42 Å². The maximum Gasteiger partial charge on any atom is 0.178 e. The fourth-order valence-electron chi connectivity index (χ4n) is 3.43. The van der Waals surface area contributed by atoms with E-state index in [4.69, 9.17) is 9.98 Å². The Morgan fingerprint density at radius 2 is 2.03 bits per heavy atom. The van der Waals surface area contributed by atoms with Crippen LogP contribution in [0.5, 0.6) is 0 Å². The van der Waals surface area contributed by atoms with Crippen molar-refractivity contribution in [3.8, 4) is 0 Å². The standard InChI is InChI=1S/C21H26N6O2S/c1-5-30(28,29)17-8-6-7-16(10-17)26-12-20-22-18(14(2)3)11-27(20)21(13-26)23-19-9-15(4)24-25-19/h6-11,14H,5,12-13H2,1-4H3,(H,24,25). The first kappa shape index (κ1) is 20.3. The van der Waals surface area contributed by atoms with E-state index in [0.29, 0.717) is 29.7 Å². The third kappa shape index (κ3) is 3.89. The largest absolute Gasteiger partial charge is 0.357 e. The van der Waals surface area contributed by atoms with Crippen LogP contribution in [0, 0.1) is 6.92 Å². The molecule has 4 rings (SSSR count). The van der Waals surface area contributed by atoms with Crippen molar-refractivity contribution >= 4 is 27.2 Å². The third-order valence-electron chi connectivity index (χ3n) is 5.19. The van der Waals surface area contributed by atoms with Crippen molar-refractivity contribution in [2.24, 2.45) is 4.99 Å². The van der Waals surface area contributed by atoms with Crippen LogP contribution in [0.4, 0.5) is 11.5 Å². The van der Waals surface area contributed by atoms with Crippen LogP contribution >= 0.6 is 0 Å². The Bertz CT molecular complexity index is 1210. The zero-order chi connectivity index (χ0) is 21.5. The number of imidazole rings is 1. The Morgan fingerprint density at radius 1 is 1.23 bits per heavy atom. The fraction of sp³-hybridized carbons (Fsp3) is 0.381. The van der Waals surface area contributed by atoms with Gasteiger partial charge < -0.3 is 4.90 Å². The summed E-state index contributed by atoms with van der Waals surface area (Å²) in [5.41, 5.74) is 2.77. The number of aryl methyl sites for hydroxylation is 1. The number of hydrogen-bond acceptors (Lipinski definition) is 6. The number of nitrogens with one attached hydrogen (secondary N) is 1. The molecule has 1 N–H and O–H groups in total. The van der Waals surface area contributed by atoms with Crippen LogP contribution in [0.25, 0.3) is 0 Å². The predicted octanol–water partition coefficient (Wildman–Crippen LogP) is 3.43. The molecule has 0 amide bonds. The quantitative estimate of drug-likeness (QED) is 0.674. The number of fused-ring (bicyclic) bond motifs is 1. The molecule has 0 saturated heterocycles. The second-order valence-electron chi connectivity index (χ2n) is 7.80. The highest BCUT2D eigenvalue weighted by atomic mass is 32.2. The van der Waals surface area contributed by atoms with Gasteiger partial charge in [0.2, 0.25) is 0 Å². The second-order valence-corrected chi connectivity index (χ2v) is 10.1. The number of aromatic nitrogens is 4. The molecule has 0 fully saturated rings. The first-order chi connectivity index (χ1) is 14.3. The molecule has 0 radical (unpaired) electrons. The minimum absolute atomic E-state index is 0.0732. The number of H-pyrrole nitrogens is 1. The molecule has 0 saturated carbocycles. The molecule has 1 aliphatic heterocycles. The van der Waals surface area contributed by atoms with Crippen LogP contribution in [-0.2, 0) is 16.4 Å². The minimum atomic E-state index is -3.28. The molecule has 1 aromatic carbocycles. The molecule has 3 heterocycles. The van der Waals surface area contributed by atoms with E-state index in [9.17, 15) is 8.42 Å². The zero-order valence-electron chi connectivity index (χ0n) is 17.6. The molecule has 0 spiro atoms. The van der Waals surface area contributed by atoms with E-state index in [0.717, 1.165) is 28.7 Å². The topological polar surface area (TPSA) is 96.2 Å². The zero-order valence-corrected chi connectivity index (χ0v) is 18.4. The van der Waals surface area contributed by atoms with Gasteiger partial charge in [0.25, 0.3) is 0 Å². The molecule has 8 nitrogen and oxygen atoms in total. The molecule has 0 unspecified atom stereocenters. The van der Waals surface area contributed by atoms with Gasteiger partial charge in [-0.3, -0.25) is 9.67 Å². The lowest BCUT2D eigenvalue weighted by Gasteiger charge is -2.30. The van der Waals surface area contributed by atoms with Crippen molar-refractivity contribution in [3.63, 3.8) is 0 Å². The number of sulfone groups is 1. The molecule has 3 aromatic rings. The highest BCUT2D eigenvalue weighted by Gasteiger charge is 2.25. The third-order valence-corrected chi connectivity index (χ3v) is 6.92. The van der Waals surface area contributed by atoms with E-state index in [-0.39, 0.29) is 5.75 Å². The van der Waals surface area contributed by atoms with Crippen molar-refractivity contribution in [1.82, 2.24) is 19.7 Å². The lowest BCUT2D eigenvalue weighted by molar-refractivity contribution is 0.597. The van der Waals surface area contributed by atoms with Gasteiger partial charge in [0, 0.05) is 23.6 Å². The first-order valence-corrected chi connectivity index (χ1v) is 11.7. The maximum atomic E-state index is 12.3. The Balaban J connectivity index is 1.77. The summed E-state index contributed by atoms with van der Waals surface area (Å²) >= 11 is 0. The lowest BCUT2D eigenvalue weighted by Crippen LogP contribution is -2.39. The van der Waals surface area contributed by atoms with Gasteiger partial charge in [-0.25, -0.2) is 18.4 Å². The summed E-state index contributed by atoms with van der Waals surface area (Å²) in [5, 5.41) is 7.15. The molecule has 9 heteroatoms. The number of benzene rings is 1. The average Bonchev–Trinajstić information content (AvgIpc) is 3.34. The molecule has 2 aromatic heterocycles. The van der Waals surface area contributed by atoms with E-state index < -0.39 is 9.84 Å². The Hall–Kier alpha value is -2.94. The van der Waals surface area contributed by atoms with Gasteiger partial charge in [-0.1, -0.05) is 26.8 Å². The lowest BCUT2D eigenvalue weighted by atomic mass is 10.2. The van der Waals surface area contributed by atoms with Gasteiger partial charge in [-0.05, 0) is 31.0 Å². The summed E-state index contributed by atoms with van der Waals surface area (Å²) in [6, 6.07) is 8.97. The molecular weight excluding hydrogens is 400 g/mol. The normalized spacial score (nSPS) is 15.8. The highest BCUT2D eigenvalue weighted by molar-refractivity contribution is 7.91. The van der Waals surface area contributed by atoms with E-state index in [1.54, 1.807) is 25.1 Å². The highest BCUT2D eigenvalue weighted by Crippen LogP contribution is 2.26. The van der Waals surface area contributed by atoms with Crippen LogP contribution < -0.4 is 4.90 Å². The van der Waals surface area contributed by atoms with Gasteiger partial charge in [0.15, 0.2) is 15.7 Å². The number of rotatable bonds is 5. The van der Waals surface area contributed by atoms with Crippen molar-refractivity contribution in [2.75, 3.05) is 17.2 Å². The predicted molar refractivity (Wildman–Crippen MR) is 117 cm³/mol. The minimum Gasteiger partial charge on any atom is -0.357 e. The van der Waals surface area contributed by atoms with Gasteiger partial charge >= 0.3 is 0 Å². The summed E-state index contributed by atoms with van der Waals surface area (Å²) in [7, 11) is -3.28.